The minimum Gasteiger partial charge on any atom is -0.481 e. The van der Waals surface area contributed by atoms with Crippen LogP contribution < -0.4 is 10.1 Å². The largest absolute Gasteiger partial charge is 0.481 e. The van der Waals surface area contributed by atoms with Crippen molar-refractivity contribution in [2.24, 2.45) is 0 Å². The van der Waals surface area contributed by atoms with Gasteiger partial charge in [-0.25, -0.2) is 9.97 Å². The molecule has 19 heavy (non-hydrogen) atoms. The minimum atomic E-state index is -0.349. The summed E-state index contributed by atoms with van der Waals surface area (Å²) in [4.78, 5) is 19.7. The number of methoxy groups -OCH3 is 1. The number of anilines is 1. The summed E-state index contributed by atoms with van der Waals surface area (Å²) in [5.74, 6) is 0.118. The molecule has 1 N–H and O–H groups in total. The topological polar surface area (TPSA) is 64.1 Å². The quantitative estimate of drug-likeness (QED) is 0.885. The third-order valence-electron chi connectivity index (χ3n) is 2.26. The summed E-state index contributed by atoms with van der Waals surface area (Å²) < 4.78 is 4.92. The Labute approximate surface area is 119 Å². The molecular formula is C12H9Cl2N3O2. The maximum Gasteiger partial charge on any atom is 0.257 e. The first-order valence-corrected chi connectivity index (χ1v) is 5.98. The number of nitrogens with zero attached hydrogens (tertiary/aromatic N) is 2. The Morgan fingerprint density at radius 2 is 2.05 bits per heavy atom. The molecule has 0 unspecified atom stereocenters. The average Bonchev–Trinajstić information content (AvgIpc) is 2.42. The van der Waals surface area contributed by atoms with Crippen LogP contribution in [0.25, 0.3) is 0 Å². The smallest absolute Gasteiger partial charge is 0.257 e. The van der Waals surface area contributed by atoms with Gasteiger partial charge in [-0.05, 0) is 12.1 Å². The number of rotatable bonds is 3. The number of pyridine rings is 2. The van der Waals surface area contributed by atoms with Crippen molar-refractivity contribution in [3.8, 4) is 5.88 Å². The van der Waals surface area contributed by atoms with Gasteiger partial charge in [0.25, 0.3) is 5.91 Å². The van der Waals surface area contributed by atoms with Crippen LogP contribution in [0.1, 0.15) is 10.4 Å². The molecule has 2 rings (SSSR count). The Balaban J connectivity index is 2.13. The zero-order valence-electron chi connectivity index (χ0n) is 9.85. The predicted octanol–water partition coefficient (Wildman–Crippen LogP) is 3.04. The Morgan fingerprint density at radius 3 is 2.63 bits per heavy atom. The summed E-state index contributed by atoms with van der Waals surface area (Å²) in [6.45, 7) is 0. The van der Waals surface area contributed by atoms with E-state index in [-0.39, 0.29) is 16.1 Å². The highest BCUT2D eigenvalue weighted by Gasteiger charge is 2.09. The third kappa shape index (κ3) is 3.33. The van der Waals surface area contributed by atoms with Crippen molar-refractivity contribution in [2.75, 3.05) is 12.4 Å². The predicted molar refractivity (Wildman–Crippen MR) is 73.0 cm³/mol. The summed E-state index contributed by atoms with van der Waals surface area (Å²) in [5.41, 5.74) is 0.849. The Morgan fingerprint density at radius 1 is 1.26 bits per heavy atom. The van der Waals surface area contributed by atoms with Crippen molar-refractivity contribution in [3.05, 3.63) is 46.3 Å². The molecule has 0 bridgehead atoms. The standard InChI is InChI=1S/C12H9Cl2N3O2/c1-19-10-3-2-8(6-15-10)17-12(18)7-4-9(13)11(14)16-5-7/h2-6H,1H3,(H,17,18). The highest BCUT2D eigenvalue weighted by molar-refractivity contribution is 6.41. The fourth-order valence-corrected chi connectivity index (χ4v) is 1.59. The van der Waals surface area contributed by atoms with Gasteiger partial charge in [-0.3, -0.25) is 4.79 Å². The summed E-state index contributed by atoms with van der Waals surface area (Å²) >= 11 is 11.5. The number of aromatic nitrogens is 2. The van der Waals surface area contributed by atoms with Gasteiger partial charge in [-0.1, -0.05) is 23.2 Å². The highest BCUT2D eigenvalue weighted by Crippen LogP contribution is 2.20. The van der Waals surface area contributed by atoms with E-state index in [4.69, 9.17) is 27.9 Å². The number of halogens is 2. The van der Waals surface area contributed by atoms with E-state index in [0.29, 0.717) is 17.1 Å². The van der Waals surface area contributed by atoms with Gasteiger partial charge >= 0.3 is 0 Å². The van der Waals surface area contributed by atoms with Crippen molar-refractivity contribution >= 4 is 34.8 Å². The van der Waals surface area contributed by atoms with E-state index in [1.807, 2.05) is 0 Å². The molecule has 0 aliphatic carbocycles. The Bertz CT molecular complexity index is 602. The average molecular weight is 298 g/mol. The van der Waals surface area contributed by atoms with E-state index in [2.05, 4.69) is 15.3 Å². The lowest BCUT2D eigenvalue weighted by molar-refractivity contribution is 0.102. The monoisotopic (exact) mass is 297 g/mol. The zero-order valence-corrected chi connectivity index (χ0v) is 11.4. The molecule has 0 aromatic carbocycles. The molecule has 7 heteroatoms. The molecule has 0 spiro atoms. The van der Waals surface area contributed by atoms with Crippen LogP contribution >= 0.6 is 23.2 Å². The molecule has 2 aromatic heterocycles. The SMILES string of the molecule is COc1ccc(NC(=O)c2cnc(Cl)c(Cl)c2)cn1. The summed E-state index contributed by atoms with van der Waals surface area (Å²) in [6.07, 6.45) is 2.84. The van der Waals surface area contributed by atoms with Crippen molar-refractivity contribution in [1.82, 2.24) is 9.97 Å². The van der Waals surface area contributed by atoms with E-state index in [1.54, 1.807) is 12.1 Å². The zero-order chi connectivity index (χ0) is 13.8. The van der Waals surface area contributed by atoms with Crippen molar-refractivity contribution < 1.29 is 9.53 Å². The van der Waals surface area contributed by atoms with Crippen LogP contribution in [-0.2, 0) is 0 Å². The molecule has 5 nitrogen and oxygen atoms in total. The van der Waals surface area contributed by atoms with Crippen LogP contribution in [-0.4, -0.2) is 23.0 Å². The van der Waals surface area contributed by atoms with Gasteiger partial charge in [0.2, 0.25) is 5.88 Å². The van der Waals surface area contributed by atoms with Crippen LogP contribution in [0.3, 0.4) is 0 Å². The van der Waals surface area contributed by atoms with Gasteiger partial charge in [-0.2, -0.15) is 0 Å². The van der Waals surface area contributed by atoms with Gasteiger partial charge in [0.15, 0.2) is 0 Å². The molecule has 0 atom stereocenters. The van der Waals surface area contributed by atoms with Crippen molar-refractivity contribution in [3.63, 3.8) is 0 Å². The second-order valence-corrected chi connectivity index (χ2v) is 4.31. The molecule has 0 radical (unpaired) electrons. The lowest BCUT2D eigenvalue weighted by atomic mass is 10.2. The molecule has 2 aromatic rings. The maximum absolute atomic E-state index is 11.9. The number of nitrogens with one attached hydrogen (secondary N) is 1. The molecule has 98 valence electrons. The Kier molecular flexibility index (Phi) is 4.19. The van der Waals surface area contributed by atoms with E-state index in [9.17, 15) is 4.79 Å². The minimum absolute atomic E-state index is 0.157. The van der Waals surface area contributed by atoms with E-state index < -0.39 is 0 Å². The molecule has 0 fully saturated rings. The van der Waals surface area contributed by atoms with Gasteiger partial charge in [0, 0.05) is 12.3 Å². The fourth-order valence-electron chi connectivity index (χ4n) is 1.32. The van der Waals surface area contributed by atoms with Gasteiger partial charge in [0.1, 0.15) is 5.15 Å². The molecule has 0 aliphatic rings. The van der Waals surface area contributed by atoms with Gasteiger partial charge in [-0.15, -0.1) is 0 Å². The van der Waals surface area contributed by atoms with Crippen LogP contribution in [0.15, 0.2) is 30.6 Å². The maximum atomic E-state index is 11.9. The van der Waals surface area contributed by atoms with E-state index in [0.717, 1.165) is 0 Å². The Hall–Kier alpha value is -1.85. The fraction of sp³-hybridized carbons (Fsp3) is 0.0833. The third-order valence-corrected chi connectivity index (χ3v) is 2.95. The number of hydrogen-bond acceptors (Lipinski definition) is 4. The molecule has 0 saturated heterocycles. The molecule has 0 aliphatic heterocycles. The van der Waals surface area contributed by atoms with Crippen molar-refractivity contribution in [2.45, 2.75) is 0 Å². The normalized spacial score (nSPS) is 10.1. The number of carbonyl (C=O) groups excluding carboxylic acids is 1. The molecule has 2 heterocycles. The van der Waals surface area contributed by atoms with Crippen LogP contribution in [0.5, 0.6) is 5.88 Å². The number of ether oxygens (including phenoxy) is 1. The second-order valence-electron chi connectivity index (χ2n) is 3.54. The van der Waals surface area contributed by atoms with E-state index in [1.165, 1.54) is 25.6 Å². The van der Waals surface area contributed by atoms with Crippen LogP contribution in [0.4, 0.5) is 5.69 Å². The highest BCUT2D eigenvalue weighted by atomic mass is 35.5. The van der Waals surface area contributed by atoms with Crippen LogP contribution in [0, 0.1) is 0 Å². The van der Waals surface area contributed by atoms with Crippen molar-refractivity contribution in [1.29, 1.82) is 0 Å². The first-order chi connectivity index (χ1) is 9.10. The molecule has 0 saturated carbocycles. The summed E-state index contributed by atoms with van der Waals surface area (Å²) in [6, 6.07) is 4.76. The second kappa shape index (κ2) is 5.86. The van der Waals surface area contributed by atoms with E-state index >= 15 is 0 Å². The lowest BCUT2D eigenvalue weighted by Gasteiger charge is -2.06. The first-order valence-electron chi connectivity index (χ1n) is 5.22. The first kappa shape index (κ1) is 13.6. The van der Waals surface area contributed by atoms with Gasteiger partial charge in [0.05, 0.1) is 29.6 Å². The lowest BCUT2D eigenvalue weighted by Crippen LogP contribution is -2.12. The number of amides is 1. The number of hydrogen-bond donors (Lipinski definition) is 1. The van der Waals surface area contributed by atoms with Gasteiger partial charge < -0.3 is 10.1 Å². The molecule has 1 amide bonds. The van der Waals surface area contributed by atoms with Crippen LogP contribution in [0.2, 0.25) is 10.2 Å². The summed E-state index contributed by atoms with van der Waals surface area (Å²) in [7, 11) is 1.52. The number of carbonyl (C=O) groups is 1. The summed E-state index contributed by atoms with van der Waals surface area (Å²) in [5, 5.41) is 3.04. The molecular weight excluding hydrogens is 289 g/mol.